The summed E-state index contributed by atoms with van der Waals surface area (Å²) < 4.78 is 4.84. The molecule has 0 saturated heterocycles. The highest BCUT2D eigenvalue weighted by molar-refractivity contribution is 5.92. The Labute approximate surface area is 88.9 Å². The highest BCUT2D eigenvalue weighted by Crippen LogP contribution is 2.26. The molecule has 2 amide bonds. The molecule has 0 spiro atoms. The number of carbonyl (C=O) groups excluding carboxylic acids is 2. The second-order valence-electron chi connectivity index (χ2n) is 4.49. The van der Waals surface area contributed by atoms with Crippen LogP contribution in [0.15, 0.2) is 11.3 Å². The van der Waals surface area contributed by atoms with E-state index in [9.17, 15) is 9.59 Å². The van der Waals surface area contributed by atoms with E-state index in [1.807, 2.05) is 20.8 Å². The summed E-state index contributed by atoms with van der Waals surface area (Å²) in [6.07, 6.45) is 0. The van der Waals surface area contributed by atoms with Crippen molar-refractivity contribution in [2.24, 2.45) is 5.73 Å². The molecular formula is C10H16N2O3. The molecule has 0 saturated carbocycles. The number of esters is 1. The number of hydrogen-bond donors (Lipinski definition) is 1. The van der Waals surface area contributed by atoms with E-state index in [4.69, 9.17) is 10.5 Å². The third kappa shape index (κ3) is 2.11. The van der Waals surface area contributed by atoms with E-state index in [1.54, 1.807) is 6.92 Å². The van der Waals surface area contributed by atoms with E-state index in [-0.39, 0.29) is 12.6 Å². The summed E-state index contributed by atoms with van der Waals surface area (Å²) in [5.74, 6) is -0.388. The van der Waals surface area contributed by atoms with Crippen LogP contribution in [0, 0.1) is 0 Å². The van der Waals surface area contributed by atoms with Crippen LogP contribution in [0.2, 0.25) is 0 Å². The number of rotatable bonds is 1. The summed E-state index contributed by atoms with van der Waals surface area (Å²) >= 11 is 0. The molecule has 84 valence electrons. The number of cyclic esters (lactones) is 1. The fraction of sp³-hybridized carbons (Fsp3) is 0.600. The first kappa shape index (κ1) is 11.6. The number of nitrogens with zero attached hydrogens (tertiary/aromatic N) is 1. The number of urea groups is 1. The Bertz CT molecular complexity index is 339. The zero-order valence-electron chi connectivity index (χ0n) is 9.46. The maximum absolute atomic E-state index is 11.3. The van der Waals surface area contributed by atoms with Crippen molar-refractivity contribution in [2.45, 2.75) is 33.2 Å². The van der Waals surface area contributed by atoms with Gasteiger partial charge in [0.15, 0.2) is 0 Å². The minimum absolute atomic E-state index is 0.116. The average Bonchev–Trinajstić information content (AvgIpc) is 2.33. The molecule has 0 aromatic heterocycles. The van der Waals surface area contributed by atoms with Crippen molar-refractivity contribution in [1.82, 2.24) is 4.90 Å². The number of ether oxygens (including phenoxy) is 1. The largest absolute Gasteiger partial charge is 0.456 e. The summed E-state index contributed by atoms with van der Waals surface area (Å²) in [6.45, 7) is 7.29. The third-order valence-electron chi connectivity index (χ3n) is 2.24. The molecule has 0 bridgehead atoms. The van der Waals surface area contributed by atoms with E-state index in [0.29, 0.717) is 11.3 Å². The van der Waals surface area contributed by atoms with Gasteiger partial charge in [0.2, 0.25) is 0 Å². The highest BCUT2D eigenvalue weighted by atomic mass is 16.5. The molecular weight excluding hydrogens is 196 g/mol. The van der Waals surface area contributed by atoms with Crippen molar-refractivity contribution < 1.29 is 14.3 Å². The van der Waals surface area contributed by atoms with Gasteiger partial charge in [-0.3, -0.25) is 4.90 Å². The van der Waals surface area contributed by atoms with E-state index in [2.05, 4.69) is 0 Å². The van der Waals surface area contributed by atoms with Crippen LogP contribution in [0.1, 0.15) is 27.7 Å². The maximum atomic E-state index is 11.3. The first-order valence-electron chi connectivity index (χ1n) is 4.71. The topological polar surface area (TPSA) is 72.6 Å². The minimum atomic E-state index is -0.574. The van der Waals surface area contributed by atoms with Crippen LogP contribution < -0.4 is 5.73 Å². The molecule has 1 rings (SSSR count). The molecule has 0 fully saturated rings. The summed E-state index contributed by atoms with van der Waals surface area (Å²) in [5, 5.41) is 0. The van der Waals surface area contributed by atoms with E-state index in [0.717, 1.165) is 0 Å². The predicted molar refractivity (Wildman–Crippen MR) is 54.8 cm³/mol. The fourth-order valence-electron chi connectivity index (χ4n) is 1.57. The lowest BCUT2D eigenvalue weighted by Gasteiger charge is -2.34. The molecule has 0 radical (unpaired) electrons. The molecule has 2 N–H and O–H groups in total. The lowest BCUT2D eigenvalue weighted by molar-refractivity contribution is -0.136. The average molecular weight is 212 g/mol. The van der Waals surface area contributed by atoms with Gasteiger partial charge in [-0.1, -0.05) is 0 Å². The normalized spacial score (nSPS) is 16.7. The van der Waals surface area contributed by atoms with Crippen molar-refractivity contribution in [2.75, 3.05) is 6.61 Å². The van der Waals surface area contributed by atoms with Crippen molar-refractivity contribution in [3.05, 3.63) is 11.3 Å². The van der Waals surface area contributed by atoms with Crippen LogP contribution in [0.3, 0.4) is 0 Å². The molecule has 15 heavy (non-hydrogen) atoms. The van der Waals surface area contributed by atoms with Gasteiger partial charge in [-0.2, -0.15) is 0 Å². The summed E-state index contributed by atoms with van der Waals surface area (Å²) in [5.41, 5.74) is 5.84. The minimum Gasteiger partial charge on any atom is -0.456 e. The lowest BCUT2D eigenvalue weighted by atomic mass is 10.0. The van der Waals surface area contributed by atoms with Gasteiger partial charge in [0.1, 0.15) is 6.61 Å². The quantitative estimate of drug-likeness (QED) is 0.659. The van der Waals surface area contributed by atoms with Crippen molar-refractivity contribution in [3.8, 4) is 0 Å². The summed E-state index contributed by atoms with van der Waals surface area (Å²) in [7, 11) is 0. The first-order valence-corrected chi connectivity index (χ1v) is 4.71. The number of hydrogen-bond acceptors (Lipinski definition) is 3. The van der Waals surface area contributed by atoms with Gasteiger partial charge >= 0.3 is 12.0 Å². The molecule has 1 heterocycles. The smallest absolute Gasteiger partial charge is 0.336 e. The highest BCUT2D eigenvalue weighted by Gasteiger charge is 2.34. The molecule has 1 aliphatic rings. The van der Waals surface area contributed by atoms with Crippen LogP contribution in [0.4, 0.5) is 4.79 Å². The maximum Gasteiger partial charge on any atom is 0.336 e. The molecule has 0 aliphatic carbocycles. The SMILES string of the molecule is CC1=C(N(C(N)=O)C(C)(C)C)COC1=O. The van der Waals surface area contributed by atoms with Gasteiger partial charge in [-0.15, -0.1) is 0 Å². The summed E-state index contributed by atoms with van der Waals surface area (Å²) in [6, 6.07) is -0.574. The van der Waals surface area contributed by atoms with Gasteiger partial charge in [-0.05, 0) is 27.7 Å². The van der Waals surface area contributed by atoms with Crippen LogP contribution in [0.5, 0.6) is 0 Å². The molecule has 0 aromatic rings. The second kappa shape index (κ2) is 3.56. The molecule has 0 aromatic carbocycles. The van der Waals surface area contributed by atoms with Gasteiger partial charge in [-0.25, -0.2) is 9.59 Å². The zero-order valence-corrected chi connectivity index (χ0v) is 9.46. The Morgan fingerprint density at radius 1 is 1.47 bits per heavy atom. The monoisotopic (exact) mass is 212 g/mol. The molecule has 5 heteroatoms. The zero-order chi connectivity index (χ0) is 11.8. The summed E-state index contributed by atoms with van der Waals surface area (Å²) in [4.78, 5) is 23.9. The van der Waals surface area contributed by atoms with E-state index < -0.39 is 11.6 Å². The van der Waals surface area contributed by atoms with Crippen molar-refractivity contribution >= 4 is 12.0 Å². The van der Waals surface area contributed by atoms with Gasteiger partial charge in [0, 0.05) is 5.54 Å². The Balaban J connectivity index is 3.13. The number of carbonyl (C=O) groups is 2. The van der Waals surface area contributed by atoms with Gasteiger partial charge in [0.05, 0.1) is 11.3 Å². The van der Waals surface area contributed by atoms with Crippen molar-refractivity contribution in [1.29, 1.82) is 0 Å². The second-order valence-corrected chi connectivity index (χ2v) is 4.49. The van der Waals surface area contributed by atoms with Crippen molar-refractivity contribution in [3.63, 3.8) is 0 Å². The van der Waals surface area contributed by atoms with Crippen LogP contribution in [-0.2, 0) is 9.53 Å². The van der Waals surface area contributed by atoms with Crippen LogP contribution >= 0.6 is 0 Å². The number of nitrogens with two attached hydrogens (primary N) is 1. The predicted octanol–water partition coefficient (Wildman–Crippen LogP) is 0.996. The third-order valence-corrected chi connectivity index (χ3v) is 2.24. The first-order chi connectivity index (χ1) is 6.75. The molecule has 5 nitrogen and oxygen atoms in total. The Kier molecular flexibility index (Phi) is 2.75. The Morgan fingerprint density at radius 2 is 2.00 bits per heavy atom. The molecule has 1 aliphatic heterocycles. The molecule has 0 atom stereocenters. The number of primary amides is 1. The Morgan fingerprint density at radius 3 is 2.27 bits per heavy atom. The van der Waals surface area contributed by atoms with E-state index >= 15 is 0 Å². The fourth-order valence-corrected chi connectivity index (χ4v) is 1.57. The van der Waals surface area contributed by atoms with Crippen LogP contribution in [-0.4, -0.2) is 29.0 Å². The lowest BCUT2D eigenvalue weighted by Crippen LogP contribution is -2.48. The number of amides is 2. The van der Waals surface area contributed by atoms with Gasteiger partial charge in [0.25, 0.3) is 0 Å². The molecule has 0 unspecified atom stereocenters. The Hall–Kier alpha value is -1.52. The van der Waals surface area contributed by atoms with Crippen LogP contribution in [0.25, 0.3) is 0 Å². The van der Waals surface area contributed by atoms with Gasteiger partial charge < -0.3 is 10.5 Å². The van der Waals surface area contributed by atoms with E-state index in [1.165, 1.54) is 4.90 Å². The standard InChI is InChI=1S/C10H16N2O3/c1-6-7(5-15-8(6)13)12(9(11)14)10(2,3)4/h5H2,1-4H3,(H2,11,14).